The molecule has 0 aliphatic heterocycles. The zero-order valence-electron chi connectivity index (χ0n) is 13.7. The summed E-state index contributed by atoms with van der Waals surface area (Å²) < 4.78 is 0. The van der Waals surface area contributed by atoms with E-state index in [1.165, 1.54) is 25.7 Å². The standard InChI is InChI=1S/C20H24O3/c1-13-9-11-14(12-10-13)5-4-8-17-18(21)15-6-2-3-7-16(15)19(22)20(17)23/h2-3,6-7,13-14,21H,4-5,8-12H2,1H3. The van der Waals surface area contributed by atoms with Gasteiger partial charge in [-0.2, -0.15) is 0 Å². The lowest BCUT2D eigenvalue weighted by Crippen LogP contribution is -2.24. The van der Waals surface area contributed by atoms with E-state index in [4.69, 9.17) is 0 Å². The van der Waals surface area contributed by atoms with Crippen LogP contribution in [0.25, 0.3) is 5.76 Å². The monoisotopic (exact) mass is 312 g/mol. The molecule has 2 aliphatic carbocycles. The third-order valence-corrected chi connectivity index (χ3v) is 5.37. The molecule has 2 aliphatic rings. The zero-order valence-corrected chi connectivity index (χ0v) is 13.7. The third-order valence-electron chi connectivity index (χ3n) is 5.37. The minimum absolute atomic E-state index is 0.00228. The molecule has 0 atom stereocenters. The molecule has 0 radical (unpaired) electrons. The van der Waals surface area contributed by atoms with Gasteiger partial charge in [-0.15, -0.1) is 0 Å². The summed E-state index contributed by atoms with van der Waals surface area (Å²) in [4.78, 5) is 24.4. The quantitative estimate of drug-likeness (QED) is 0.819. The van der Waals surface area contributed by atoms with Crippen molar-refractivity contribution >= 4 is 17.3 Å². The van der Waals surface area contributed by atoms with Crippen LogP contribution in [-0.2, 0) is 4.79 Å². The van der Waals surface area contributed by atoms with Crippen molar-refractivity contribution in [2.24, 2.45) is 11.8 Å². The van der Waals surface area contributed by atoms with Gasteiger partial charge in [-0.05, 0) is 24.7 Å². The molecule has 23 heavy (non-hydrogen) atoms. The summed E-state index contributed by atoms with van der Waals surface area (Å²) in [5.41, 5.74) is 1.12. The van der Waals surface area contributed by atoms with Gasteiger partial charge in [0.05, 0.1) is 0 Å². The molecule has 0 unspecified atom stereocenters. The van der Waals surface area contributed by atoms with E-state index in [1.54, 1.807) is 24.3 Å². The average molecular weight is 312 g/mol. The van der Waals surface area contributed by atoms with Crippen molar-refractivity contribution in [2.75, 3.05) is 0 Å². The highest BCUT2D eigenvalue weighted by molar-refractivity contribution is 6.52. The number of carbonyl (C=O) groups excluding carboxylic acids is 2. The van der Waals surface area contributed by atoms with E-state index in [9.17, 15) is 14.7 Å². The smallest absolute Gasteiger partial charge is 0.234 e. The van der Waals surface area contributed by atoms with Gasteiger partial charge in [-0.3, -0.25) is 9.59 Å². The van der Waals surface area contributed by atoms with Crippen molar-refractivity contribution in [2.45, 2.75) is 51.9 Å². The summed E-state index contributed by atoms with van der Waals surface area (Å²) in [5, 5.41) is 10.4. The molecule has 3 rings (SSSR count). The van der Waals surface area contributed by atoms with Gasteiger partial charge < -0.3 is 5.11 Å². The number of allylic oxidation sites excluding steroid dienone is 1. The molecule has 0 aromatic heterocycles. The fourth-order valence-electron chi connectivity index (χ4n) is 3.83. The molecule has 0 amide bonds. The highest BCUT2D eigenvalue weighted by atomic mass is 16.3. The molecule has 3 nitrogen and oxygen atoms in total. The molecular formula is C20H24O3. The van der Waals surface area contributed by atoms with Crippen LogP contribution in [-0.4, -0.2) is 16.7 Å². The summed E-state index contributed by atoms with van der Waals surface area (Å²) in [6.07, 6.45) is 7.56. The van der Waals surface area contributed by atoms with Gasteiger partial charge >= 0.3 is 0 Å². The highest BCUT2D eigenvalue weighted by Crippen LogP contribution is 2.34. The first-order chi connectivity index (χ1) is 11.1. The van der Waals surface area contributed by atoms with E-state index in [0.717, 1.165) is 24.7 Å². The van der Waals surface area contributed by atoms with Crippen molar-refractivity contribution in [3.8, 4) is 0 Å². The van der Waals surface area contributed by atoms with Gasteiger partial charge in [-0.25, -0.2) is 0 Å². The number of rotatable bonds is 4. The number of aliphatic hydroxyl groups is 1. The van der Waals surface area contributed by atoms with Crippen LogP contribution in [0.1, 0.15) is 67.8 Å². The Morgan fingerprint density at radius 1 is 1.00 bits per heavy atom. The molecule has 0 heterocycles. The summed E-state index contributed by atoms with van der Waals surface area (Å²) in [6, 6.07) is 6.80. The predicted octanol–water partition coefficient (Wildman–Crippen LogP) is 4.72. The number of fused-ring (bicyclic) bond motifs is 1. The lowest BCUT2D eigenvalue weighted by Gasteiger charge is -2.26. The third kappa shape index (κ3) is 3.24. The van der Waals surface area contributed by atoms with Gasteiger partial charge in [0.1, 0.15) is 5.76 Å². The average Bonchev–Trinajstić information content (AvgIpc) is 2.57. The van der Waals surface area contributed by atoms with E-state index in [2.05, 4.69) is 6.92 Å². The maximum absolute atomic E-state index is 12.3. The fraction of sp³-hybridized carbons (Fsp3) is 0.500. The van der Waals surface area contributed by atoms with Crippen LogP contribution in [0, 0.1) is 11.8 Å². The summed E-state index contributed by atoms with van der Waals surface area (Å²) in [5.74, 6) is 0.559. The SMILES string of the molecule is CC1CCC(CCCC2=C(O)c3ccccc3C(=O)C2=O)CC1. The van der Waals surface area contributed by atoms with Crippen LogP contribution in [0.2, 0.25) is 0 Å². The van der Waals surface area contributed by atoms with E-state index < -0.39 is 11.6 Å². The molecule has 1 aromatic rings. The molecule has 1 saturated carbocycles. The minimum atomic E-state index is -0.529. The van der Waals surface area contributed by atoms with Crippen LogP contribution in [0.5, 0.6) is 0 Å². The van der Waals surface area contributed by atoms with Crippen molar-refractivity contribution in [1.29, 1.82) is 0 Å². The van der Waals surface area contributed by atoms with Crippen molar-refractivity contribution in [3.63, 3.8) is 0 Å². The number of Topliss-reactive ketones (excluding diaryl/α,β-unsaturated/α-hetero) is 2. The molecule has 0 bridgehead atoms. The second kappa shape index (κ2) is 6.69. The molecular weight excluding hydrogens is 288 g/mol. The van der Waals surface area contributed by atoms with E-state index in [0.29, 0.717) is 23.1 Å². The topological polar surface area (TPSA) is 54.4 Å². The van der Waals surface area contributed by atoms with Gasteiger partial charge in [0.25, 0.3) is 0 Å². The van der Waals surface area contributed by atoms with Gasteiger partial charge in [0.2, 0.25) is 11.6 Å². The fourth-order valence-corrected chi connectivity index (χ4v) is 3.83. The summed E-state index contributed by atoms with van der Waals surface area (Å²) in [7, 11) is 0. The van der Waals surface area contributed by atoms with Crippen molar-refractivity contribution in [3.05, 3.63) is 41.0 Å². The molecule has 0 saturated heterocycles. The first kappa shape index (κ1) is 16.0. The van der Waals surface area contributed by atoms with Crippen LogP contribution >= 0.6 is 0 Å². The zero-order chi connectivity index (χ0) is 16.4. The lowest BCUT2D eigenvalue weighted by atomic mass is 9.80. The summed E-state index contributed by atoms with van der Waals surface area (Å²) in [6.45, 7) is 2.31. The van der Waals surface area contributed by atoms with Crippen LogP contribution < -0.4 is 0 Å². The lowest BCUT2D eigenvalue weighted by molar-refractivity contribution is -0.112. The van der Waals surface area contributed by atoms with Crippen LogP contribution in [0.3, 0.4) is 0 Å². The Morgan fingerprint density at radius 3 is 2.35 bits per heavy atom. The number of benzene rings is 1. The second-order valence-electron chi connectivity index (χ2n) is 7.05. The van der Waals surface area contributed by atoms with Crippen molar-refractivity contribution < 1.29 is 14.7 Å². The highest BCUT2D eigenvalue weighted by Gasteiger charge is 2.32. The van der Waals surface area contributed by atoms with E-state index in [1.807, 2.05) is 0 Å². The van der Waals surface area contributed by atoms with Crippen LogP contribution in [0.4, 0.5) is 0 Å². The number of hydrogen-bond donors (Lipinski definition) is 1. The van der Waals surface area contributed by atoms with Gasteiger partial charge in [0, 0.05) is 16.7 Å². The maximum atomic E-state index is 12.3. The summed E-state index contributed by atoms with van der Waals surface area (Å²) >= 11 is 0. The number of aliphatic hydroxyl groups excluding tert-OH is 1. The number of hydrogen-bond acceptors (Lipinski definition) is 3. The Balaban J connectivity index is 1.67. The van der Waals surface area contributed by atoms with Gasteiger partial charge in [0.15, 0.2) is 0 Å². The Morgan fingerprint density at radius 2 is 1.65 bits per heavy atom. The molecule has 3 heteroatoms. The first-order valence-corrected chi connectivity index (χ1v) is 8.68. The Labute approximate surface area is 137 Å². The normalized spacial score (nSPS) is 24.7. The van der Waals surface area contributed by atoms with E-state index in [-0.39, 0.29) is 5.76 Å². The largest absolute Gasteiger partial charge is 0.507 e. The molecule has 122 valence electrons. The molecule has 1 N–H and O–H groups in total. The van der Waals surface area contributed by atoms with E-state index >= 15 is 0 Å². The maximum Gasteiger partial charge on any atom is 0.234 e. The van der Waals surface area contributed by atoms with Crippen molar-refractivity contribution in [1.82, 2.24) is 0 Å². The number of carbonyl (C=O) groups is 2. The second-order valence-corrected chi connectivity index (χ2v) is 7.05. The Kier molecular flexibility index (Phi) is 4.65. The number of ketones is 2. The predicted molar refractivity (Wildman–Crippen MR) is 90.3 cm³/mol. The molecule has 1 fully saturated rings. The van der Waals surface area contributed by atoms with Crippen LogP contribution in [0.15, 0.2) is 29.8 Å². The van der Waals surface area contributed by atoms with Gasteiger partial charge in [-0.1, -0.05) is 63.3 Å². The molecule has 0 spiro atoms. The Hall–Kier alpha value is -1.90. The minimum Gasteiger partial charge on any atom is -0.507 e. The Bertz CT molecular complexity index is 649. The first-order valence-electron chi connectivity index (χ1n) is 8.68. The molecule has 1 aromatic carbocycles.